The molecule has 2 N–H and O–H groups in total. The van der Waals surface area contributed by atoms with E-state index in [4.69, 9.17) is 4.74 Å². The Morgan fingerprint density at radius 2 is 1.84 bits per heavy atom. The van der Waals surface area contributed by atoms with Crippen LogP contribution in [0.3, 0.4) is 0 Å². The standard InChI is InChI=1S/C20H24N2O3/c1-4-25-18-11-6-5-10-17(18)20(24)21-13-19(23)22-16-9-7-8-15(12-16)14(2)3/h5-12,14H,4,13H2,1-3H3,(H,21,24)(H,22,23). The molecule has 0 aromatic heterocycles. The minimum absolute atomic E-state index is 0.106. The molecule has 0 saturated heterocycles. The Bertz CT molecular complexity index is 741. The van der Waals surface area contributed by atoms with Crippen LogP contribution >= 0.6 is 0 Å². The summed E-state index contributed by atoms with van der Waals surface area (Å²) in [5, 5.41) is 5.42. The molecule has 0 aliphatic heterocycles. The molecule has 0 spiro atoms. The summed E-state index contributed by atoms with van der Waals surface area (Å²) >= 11 is 0. The number of ether oxygens (including phenoxy) is 1. The molecule has 132 valence electrons. The lowest BCUT2D eigenvalue weighted by molar-refractivity contribution is -0.115. The molecule has 0 saturated carbocycles. The Hall–Kier alpha value is -2.82. The lowest BCUT2D eigenvalue weighted by Crippen LogP contribution is -2.33. The summed E-state index contributed by atoms with van der Waals surface area (Å²) in [5.74, 6) is 0.275. The Balaban J connectivity index is 1.94. The van der Waals surface area contributed by atoms with Gasteiger partial charge in [-0.25, -0.2) is 0 Å². The number of rotatable bonds is 7. The van der Waals surface area contributed by atoms with Gasteiger partial charge in [-0.2, -0.15) is 0 Å². The Labute approximate surface area is 148 Å². The topological polar surface area (TPSA) is 67.4 Å². The second kappa shape index (κ2) is 8.87. The number of anilines is 1. The van der Waals surface area contributed by atoms with Gasteiger partial charge in [0, 0.05) is 5.69 Å². The van der Waals surface area contributed by atoms with Crippen LogP contribution in [0.25, 0.3) is 0 Å². The summed E-state index contributed by atoms with van der Waals surface area (Å²) < 4.78 is 5.43. The third kappa shape index (κ3) is 5.35. The smallest absolute Gasteiger partial charge is 0.255 e. The third-order valence-electron chi connectivity index (χ3n) is 3.68. The van der Waals surface area contributed by atoms with E-state index in [0.29, 0.717) is 23.8 Å². The van der Waals surface area contributed by atoms with Gasteiger partial charge < -0.3 is 15.4 Å². The van der Waals surface area contributed by atoms with E-state index >= 15 is 0 Å². The van der Waals surface area contributed by atoms with Gasteiger partial charge in [-0.05, 0) is 42.7 Å². The predicted octanol–water partition coefficient (Wildman–Crippen LogP) is 3.58. The highest BCUT2D eigenvalue weighted by Crippen LogP contribution is 2.19. The van der Waals surface area contributed by atoms with E-state index in [0.717, 1.165) is 11.3 Å². The largest absolute Gasteiger partial charge is 0.493 e. The fraction of sp³-hybridized carbons (Fsp3) is 0.300. The number of para-hydroxylation sites is 1. The number of nitrogens with one attached hydrogen (secondary N) is 2. The molecule has 2 rings (SSSR count). The molecule has 0 aliphatic rings. The number of amides is 2. The first kappa shape index (κ1) is 18.5. The summed E-state index contributed by atoms with van der Waals surface area (Å²) in [5.41, 5.74) is 2.28. The fourth-order valence-corrected chi connectivity index (χ4v) is 2.37. The predicted molar refractivity (Wildman–Crippen MR) is 99.1 cm³/mol. The van der Waals surface area contributed by atoms with E-state index in [1.165, 1.54) is 0 Å². The number of carbonyl (C=O) groups is 2. The molecule has 5 nitrogen and oxygen atoms in total. The molecule has 0 unspecified atom stereocenters. The quantitative estimate of drug-likeness (QED) is 0.809. The SMILES string of the molecule is CCOc1ccccc1C(=O)NCC(=O)Nc1cccc(C(C)C)c1. The Morgan fingerprint density at radius 1 is 1.08 bits per heavy atom. The Kier molecular flexibility index (Phi) is 6.57. The van der Waals surface area contributed by atoms with Crippen molar-refractivity contribution in [3.63, 3.8) is 0 Å². The first-order valence-corrected chi connectivity index (χ1v) is 8.41. The van der Waals surface area contributed by atoms with Gasteiger partial charge in [0.25, 0.3) is 5.91 Å². The summed E-state index contributed by atoms with van der Waals surface area (Å²) in [6, 6.07) is 14.7. The second-order valence-electron chi connectivity index (χ2n) is 5.94. The van der Waals surface area contributed by atoms with E-state index in [9.17, 15) is 9.59 Å². The molecule has 5 heteroatoms. The Morgan fingerprint density at radius 3 is 2.56 bits per heavy atom. The minimum Gasteiger partial charge on any atom is -0.493 e. The van der Waals surface area contributed by atoms with Crippen LogP contribution in [0.5, 0.6) is 5.75 Å². The van der Waals surface area contributed by atoms with Crippen molar-refractivity contribution < 1.29 is 14.3 Å². The normalized spacial score (nSPS) is 10.4. The minimum atomic E-state index is -0.338. The molecular formula is C20H24N2O3. The first-order chi connectivity index (χ1) is 12.0. The molecular weight excluding hydrogens is 316 g/mol. The maximum Gasteiger partial charge on any atom is 0.255 e. The molecule has 2 aromatic rings. The average molecular weight is 340 g/mol. The van der Waals surface area contributed by atoms with E-state index < -0.39 is 0 Å². The third-order valence-corrected chi connectivity index (χ3v) is 3.68. The zero-order valence-electron chi connectivity index (χ0n) is 14.8. The molecule has 0 bridgehead atoms. The lowest BCUT2D eigenvalue weighted by atomic mass is 10.0. The van der Waals surface area contributed by atoms with Crippen molar-refractivity contribution in [3.8, 4) is 5.75 Å². The van der Waals surface area contributed by atoms with E-state index in [-0.39, 0.29) is 18.4 Å². The number of hydrogen-bond donors (Lipinski definition) is 2. The highest BCUT2D eigenvalue weighted by Gasteiger charge is 2.13. The lowest BCUT2D eigenvalue weighted by Gasteiger charge is -2.11. The van der Waals surface area contributed by atoms with Gasteiger partial charge in [0.2, 0.25) is 5.91 Å². The highest BCUT2D eigenvalue weighted by molar-refractivity contribution is 6.00. The van der Waals surface area contributed by atoms with Crippen molar-refractivity contribution in [1.82, 2.24) is 5.32 Å². The van der Waals surface area contributed by atoms with Gasteiger partial charge in [0.1, 0.15) is 5.75 Å². The summed E-state index contributed by atoms with van der Waals surface area (Å²) in [4.78, 5) is 24.4. The first-order valence-electron chi connectivity index (χ1n) is 8.41. The second-order valence-corrected chi connectivity index (χ2v) is 5.94. The van der Waals surface area contributed by atoms with Crippen LogP contribution in [0.2, 0.25) is 0 Å². The highest BCUT2D eigenvalue weighted by atomic mass is 16.5. The van der Waals surface area contributed by atoms with Crippen LogP contribution in [0.1, 0.15) is 42.6 Å². The fourth-order valence-electron chi connectivity index (χ4n) is 2.37. The van der Waals surface area contributed by atoms with Gasteiger partial charge in [-0.1, -0.05) is 38.1 Å². The number of carbonyl (C=O) groups excluding carboxylic acids is 2. The van der Waals surface area contributed by atoms with Gasteiger partial charge in [-0.3, -0.25) is 9.59 Å². The van der Waals surface area contributed by atoms with Crippen molar-refractivity contribution >= 4 is 17.5 Å². The summed E-state index contributed by atoms with van der Waals surface area (Å²) in [6.07, 6.45) is 0. The van der Waals surface area contributed by atoms with Gasteiger partial charge >= 0.3 is 0 Å². The molecule has 0 heterocycles. The molecule has 0 atom stereocenters. The van der Waals surface area contributed by atoms with Crippen LogP contribution in [-0.4, -0.2) is 25.0 Å². The zero-order valence-corrected chi connectivity index (χ0v) is 14.8. The maximum atomic E-state index is 12.3. The van der Waals surface area contributed by atoms with Crippen molar-refractivity contribution in [2.24, 2.45) is 0 Å². The average Bonchev–Trinajstić information content (AvgIpc) is 2.60. The van der Waals surface area contributed by atoms with Gasteiger partial charge in [-0.15, -0.1) is 0 Å². The molecule has 0 fully saturated rings. The van der Waals surface area contributed by atoms with Crippen LogP contribution in [0, 0.1) is 0 Å². The van der Waals surface area contributed by atoms with Gasteiger partial charge in [0.15, 0.2) is 0 Å². The van der Waals surface area contributed by atoms with E-state index in [1.807, 2.05) is 31.2 Å². The van der Waals surface area contributed by atoms with E-state index in [2.05, 4.69) is 24.5 Å². The van der Waals surface area contributed by atoms with Crippen molar-refractivity contribution in [2.45, 2.75) is 26.7 Å². The van der Waals surface area contributed by atoms with Crippen LogP contribution in [-0.2, 0) is 4.79 Å². The van der Waals surface area contributed by atoms with Crippen molar-refractivity contribution in [1.29, 1.82) is 0 Å². The monoisotopic (exact) mass is 340 g/mol. The van der Waals surface area contributed by atoms with Crippen LogP contribution < -0.4 is 15.4 Å². The zero-order chi connectivity index (χ0) is 18.2. The number of benzene rings is 2. The molecule has 2 aromatic carbocycles. The molecule has 25 heavy (non-hydrogen) atoms. The molecule has 2 amide bonds. The maximum absolute atomic E-state index is 12.3. The van der Waals surface area contributed by atoms with E-state index in [1.54, 1.807) is 24.3 Å². The van der Waals surface area contributed by atoms with Crippen molar-refractivity contribution in [2.75, 3.05) is 18.5 Å². The summed E-state index contributed by atoms with van der Waals surface area (Å²) in [6.45, 7) is 6.41. The van der Waals surface area contributed by atoms with Crippen molar-refractivity contribution in [3.05, 3.63) is 59.7 Å². The number of hydrogen-bond acceptors (Lipinski definition) is 3. The molecule has 0 radical (unpaired) electrons. The summed E-state index contributed by atoms with van der Waals surface area (Å²) in [7, 11) is 0. The van der Waals surface area contributed by atoms with Gasteiger partial charge in [0.05, 0.1) is 18.7 Å². The van der Waals surface area contributed by atoms with Crippen LogP contribution in [0.15, 0.2) is 48.5 Å². The van der Waals surface area contributed by atoms with Crippen LogP contribution in [0.4, 0.5) is 5.69 Å². The molecule has 0 aliphatic carbocycles.